The lowest BCUT2D eigenvalue weighted by atomic mass is 10.2. The van der Waals surface area contributed by atoms with Crippen LogP contribution in [-0.4, -0.2) is 4.98 Å². The Morgan fingerprint density at radius 3 is 2.60 bits per heavy atom. The summed E-state index contributed by atoms with van der Waals surface area (Å²) in [5.74, 6) is -0.318. The zero-order chi connectivity index (χ0) is 17.8. The summed E-state index contributed by atoms with van der Waals surface area (Å²) in [5.41, 5.74) is 2.58. The Morgan fingerprint density at radius 2 is 1.92 bits per heavy atom. The third-order valence-electron chi connectivity index (χ3n) is 3.30. The third-order valence-corrected chi connectivity index (χ3v) is 4.91. The van der Waals surface area contributed by atoms with Crippen molar-refractivity contribution in [2.24, 2.45) is 0 Å². The van der Waals surface area contributed by atoms with Crippen molar-refractivity contribution in [1.29, 1.82) is 5.26 Å². The number of nitrogens with zero attached hydrogens (tertiary/aromatic N) is 2. The summed E-state index contributed by atoms with van der Waals surface area (Å²) in [6, 6.07) is 13.2. The van der Waals surface area contributed by atoms with Gasteiger partial charge in [-0.25, -0.2) is 9.37 Å². The highest BCUT2D eigenvalue weighted by molar-refractivity contribution is 7.11. The van der Waals surface area contributed by atoms with Crippen molar-refractivity contribution in [3.63, 3.8) is 0 Å². The number of thiazole rings is 1. The lowest BCUT2D eigenvalue weighted by Crippen LogP contribution is -1.91. The van der Waals surface area contributed by atoms with Gasteiger partial charge in [0.2, 0.25) is 0 Å². The maximum absolute atomic E-state index is 12.9. The molecule has 25 heavy (non-hydrogen) atoms. The summed E-state index contributed by atoms with van der Waals surface area (Å²) in [6.45, 7) is 0. The molecule has 0 radical (unpaired) electrons. The summed E-state index contributed by atoms with van der Waals surface area (Å²) >= 11 is 13.3. The average Bonchev–Trinajstić information content (AvgIpc) is 3.09. The summed E-state index contributed by atoms with van der Waals surface area (Å²) in [5, 5.41) is 15.7. The first-order valence-corrected chi connectivity index (χ1v) is 8.74. The van der Waals surface area contributed by atoms with Gasteiger partial charge in [-0.15, -0.1) is 11.3 Å². The molecule has 2 aromatic carbocycles. The molecule has 0 aliphatic rings. The molecule has 0 amide bonds. The number of aromatic nitrogens is 1. The fourth-order valence-corrected chi connectivity index (χ4v) is 3.12. The Kier molecular flexibility index (Phi) is 5.34. The normalized spacial score (nSPS) is 11.2. The Morgan fingerprint density at radius 1 is 1.16 bits per heavy atom. The van der Waals surface area contributed by atoms with E-state index in [9.17, 15) is 9.65 Å². The minimum absolute atomic E-state index is 0.318. The van der Waals surface area contributed by atoms with Gasteiger partial charge in [-0.05, 0) is 36.4 Å². The Balaban J connectivity index is 1.83. The number of allylic oxidation sites excluding steroid dienone is 1. The first kappa shape index (κ1) is 17.4. The second-order valence-corrected chi connectivity index (χ2v) is 6.66. The lowest BCUT2D eigenvalue weighted by molar-refractivity contribution is 0.628. The van der Waals surface area contributed by atoms with E-state index in [2.05, 4.69) is 16.4 Å². The largest absolute Gasteiger partial charge is 0.360 e. The molecular formula is C18H10Cl2FN3S. The van der Waals surface area contributed by atoms with E-state index in [1.165, 1.54) is 23.5 Å². The van der Waals surface area contributed by atoms with E-state index in [1.54, 1.807) is 30.5 Å². The molecule has 3 rings (SSSR count). The fourth-order valence-electron chi connectivity index (χ4n) is 2.03. The second-order valence-electron chi connectivity index (χ2n) is 4.99. The standard InChI is InChI=1S/C18H10Cl2FN3S/c19-15-6-1-11(7-16(15)20)17-10-25-18(24-17)12(8-22)9-23-14-4-2-13(21)3-5-14/h1-7,9-10,23H. The summed E-state index contributed by atoms with van der Waals surface area (Å²) in [4.78, 5) is 4.47. The van der Waals surface area contributed by atoms with Crippen molar-refractivity contribution in [2.45, 2.75) is 0 Å². The molecule has 1 heterocycles. The summed E-state index contributed by atoms with van der Waals surface area (Å²) in [6.07, 6.45) is 1.55. The van der Waals surface area contributed by atoms with Crippen LogP contribution in [0, 0.1) is 17.1 Å². The molecular weight excluding hydrogens is 380 g/mol. The summed E-state index contributed by atoms with van der Waals surface area (Å²) < 4.78 is 12.9. The highest BCUT2D eigenvalue weighted by atomic mass is 35.5. The molecule has 1 N–H and O–H groups in total. The second kappa shape index (κ2) is 7.66. The van der Waals surface area contributed by atoms with Gasteiger partial charge in [0.25, 0.3) is 0 Å². The van der Waals surface area contributed by atoms with Gasteiger partial charge < -0.3 is 5.32 Å². The number of anilines is 1. The van der Waals surface area contributed by atoms with E-state index in [-0.39, 0.29) is 5.82 Å². The first-order valence-electron chi connectivity index (χ1n) is 7.10. The van der Waals surface area contributed by atoms with Gasteiger partial charge in [-0.2, -0.15) is 5.26 Å². The predicted molar refractivity (Wildman–Crippen MR) is 101 cm³/mol. The van der Waals surface area contributed by atoms with Gasteiger partial charge in [0.15, 0.2) is 0 Å². The molecule has 0 unspecified atom stereocenters. The van der Waals surface area contributed by atoms with E-state index in [1.807, 2.05) is 11.4 Å². The molecule has 124 valence electrons. The molecule has 0 fully saturated rings. The Bertz CT molecular complexity index is 975. The van der Waals surface area contributed by atoms with E-state index in [0.717, 1.165) is 5.56 Å². The lowest BCUT2D eigenvalue weighted by Gasteiger charge is -2.01. The number of rotatable bonds is 4. The predicted octanol–water partition coefficient (Wildman–Crippen LogP) is 6.23. The minimum Gasteiger partial charge on any atom is -0.360 e. The van der Waals surface area contributed by atoms with Gasteiger partial charge in [0.1, 0.15) is 22.5 Å². The summed E-state index contributed by atoms with van der Waals surface area (Å²) in [7, 11) is 0. The van der Waals surface area contributed by atoms with Gasteiger partial charge in [-0.3, -0.25) is 0 Å². The molecule has 0 atom stereocenters. The average molecular weight is 390 g/mol. The topological polar surface area (TPSA) is 48.7 Å². The highest BCUT2D eigenvalue weighted by Crippen LogP contribution is 2.30. The van der Waals surface area contributed by atoms with Gasteiger partial charge in [-0.1, -0.05) is 29.3 Å². The molecule has 0 saturated carbocycles. The van der Waals surface area contributed by atoms with Crippen LogP contribution in [0.4, 0.5) is 10.1 Å². The minimum atomic E-state index is -0.318. The molecule has 0 spiro atoms. The van der Waals surface area contributed by atoms with E-state index >= 15 is 0 Å². The molecule has 3 aromatic rings. The number of hydrogen-bond acceptors (Lipinski definition) is 4. The zero-order valence-corrected chi connectivity index (χ0v) is 15.0. The van der Waals surface area contributed by atoms with Crippen LogP contribution < -0.4 is 5.32 Å². The van der Waals surface area contributed by atoms with Gasteiger partial charge in [0.05, 0.1) is 15.7 Å². The smallest absolute Gasteiger partial charge is 0.136 e. The monoisotopic (exact) mass is 389 g/mol. The SMILES string of the molecule is N#CC(=CNc1ccc(F)cc1)c1nc(-c2ccc(Cl)c(Cl)c2)cs1. The van der Waals surface area contributed by atoms with Crippen LogP contribution in [-0.2, 0) is 0 Å². The number of benzene rings is 2. The number of nitriles is 1. The molecule has 3 nitrogen and oxygen atoms in total. The van der Waals surface area contributed by atoms with Crippen molar-refractivity contribution in [1.82, 2.24) is 4.98 Å². The van der Waals surface area contributed by atoms with E-state index in [0.29, 0.717) is 32.0 Å². The highest BCUT2D eigenvalue weighted by Gasteiger charge is 2.10. The molecule has 1 aromatic heterocycles. The van der Waals surface area contributed by atoms with E-state index < -0.39 is 0 Å². The van der Waals surface area contributed by atoms with Crippen LogP contribution >= 0.6 is 34.5 Å². The number of nitrogens with one attached hydrogen (secondary N) is 1. The van der Waals surface area contributed by atoms with Crippen molar-refractivity contribution in [3.05, 3.63) is 74.9 Å². The van der Waals surface area contributed by atoms with Crippen LogP contribution in [0.5, 0.6) is 0 Å². The number of hydrogen-bond donors (Lipinski definition) is 1. The van der Waals surface area contributed by atoms with Crippen LogP contribution in [0.2, 0.25) is 10.0 Å². The Labute approximate surface area is 158 Å². The molecule has 0 aliphatic carbocycles. The molecule has 0 aliphatic heterocycles. The first-order chi connectivity index (χ1) is 12.1. The van der Waals surface area contributed by atoms with Crippen molar-refractivity contribution in [3.8, 4) is 17.3 Å². The number of halogens is 3. The molecule has 0 bridgehead atoms. The van der Waals surface area contributed by atoms with Crippen LogP contribution in [0.3, 0.4) is 0 Å². The zero-order valence-electron chi connectivity index (χ0n) is 12.6. The van der Waals surface area contributed by atoms with Gasteiger partial charge in [0, 0.05) is 22.8 Å². The molecule has 0 saturated heterocycles. The van der Waals surface area contributed by atoms with E-state index in [4.69, 9.17) is 23.2 Å². The quantitative estimate of drug-likeness (QED) is 0.537. The molecule has 7 heteroatoms. The third kappa shape index (κ3) is 4.18. The Hall–Kier alpha value is -2.39. The maximum atomic E-state index is 12.9. The van der Waals surface area contributed by atoms with Gasteiger partial charge >= 0.3 is 0 Å². The van der Waals surface area contributed by atoms with Crippen LogP contribution in [0.1, 0.15) is 5.01 Å². The van der Waals surface area contributed by atoms with Crippen molar-refractivity contribution >= 4 is 45.8 Å². The van der Waals surface area contributed by atoms with Crippen molar-refractivity contribution in [2.75, 3.05) is 5.32 Å². The fraction of sp³-hybridized carbons (Fsp3) is 0. The van der Waals surface area contributed by atoms with Crippen molar-refractivity contribution < 1.29 is 4.39 Å². The van der Waals surface area contributed by atoms with Crippen LogP contribution in [0.25, 0.3) is 16.8 Å². The maximum Gasteiger partial charge on any atom is 0.136 e. The van der Waals surface area contributed by atoms with Crippen LogP contribution in [0.15, 0.2) is 54.0 Å².